The number of hydrogen-bond donors (Lipinski definition) is 2. The standard InChI is InChI=1S/C25H29F2NO4S.2C24H29F2NO4S.C21H23F2NO3S.C18H18BrF2NO2S/c1-16-8-9-25(19-6-4-3-5-7-19)33(30,31)28(16)13-20-11-24(27)22(12-23(20)26)21(17(2)29)10-18-14-32-15-18;2*1-16-7-8-24(18-5-3-2-4-6-18)32(29,30)27(16)12-19-10-23(26)21(11-22(19)25)20(13-28)9-17-14-31-15-17;1-14-8-9-21(16-6-4-3-5-7-16)28(26,27)24(14)13-18-12-19(22)17(10-15(2)25)11-20(18)23;1-12-7-8-18(13-5-3-2-4-6-13)25(23,24)22(12)11-14-9-17(21)15(19)10-16(14)20/h3-7,11-12,16,18,21,25H,8-10,13-15H2,1-2H3;2*2-6,10-11,16-17,20,24,28H,7-9,12-15H2,1H3;3-7,11-12,14,21H,8-10,13H2,1-2H3;2-6,9-10,12,18H,7-8,11H2,1H3/t16-,21?,25+;16-,20?,24+;16-,20-,24+;14-,21+;12-,18+/m00000/s1. The maximum Gasteiger partial charge on any atom is 0.221 e. The minimum Gasteiger partial charge on any atom is -0.396 e. The maximum absolute atomic E-state index is 15.1. The Balaban J connectivity index is 0.000000148. The highest BCUT2D eigenvalue weighted by Crippen LogP contribution is 2.47. The van der Waals surface area contributed by atoms with E-state index < -0.39 is 152 Å². The number of carbonyl (C=O) groups excluding carboxylic acids is 2. The lowest BCUT2D eigenvalue weighted by Gasteiger charge is -2.37. The Bertz CT molecular complexity index is 6800. The molecular formula is C112H128BrF10N5O17S5. The third-order valence-corrected chi connectivity index (χ3v) is 42.4. The number of Topliss-reactive ketones (excluding diaryl/α,β-unsaturated/α-hetero) is 2. The Kier molecular flexibility index (Phi) is 39.4. The highest BCUT2D eigenvalue weighted by molar-refractivity contribution is 9.10. The fourth-order valence-electron chi connectivity index (χ4n) is 21.0. The molecule has 2 N–H and O–H groups in total. The Morgan fingerprint density at radius 1 is 0.307 bits per heavy atom. The summed E-state index contributed by atoms with van der Waals surface area (Å²) in [6.07, 6.45) is 6.88. The monoisotopic (exact) mass is 2240 g/mol. The number of ketones is 2. The van der Waals surface area contributed by atoms with Crippen LogP contribution in [-0.4, -0.2) is 168 Å². The number of sulfonamides is 5. The van der Waals surface area contributed by atoms with E-state index in [-0.39, 0.29) is 166 Å². The number of hydrogen-bond acceptors (Lipinski definition) is 17. The quantitative estimate of drug-likeness (QED) is 0.0325. The summed E-state index contributed by atoms with van der Waals surface area (Å²) in [6.45, 7) is 13.2. The second kappa shape index (κ2) is 50.9. The van der Waals surface area contributed by atoms with Crippen LogP contribution < -0.4 is 0 Å². The molecule has 0 amide bonds. The van der Waals surface area contributed by atoms with Crippen LogP contribution in [0.5, 0.6) is 0 Å². The van der Waals surface area contributed by atoms with Crippen molar-refractivity contribution < 1.29 is 120 Å². The molecule has 13 atom stereocenters. The molecule has 8 heterocycles. The van der Waals surface area contributed by atoms with Gasteiger partial charge in [0.2, 0.25) is 50.1 Å². The van der Waals surface area contributed by atoms with Crippen molar-refractivity contribution in [1.82, 2.24) is 21.5 Å². The molecule has 10 aromatic carbocycles. The van der Waals surface area contributed by atoms with Gasteiger partial charge in [0, 0.05) is 138 Å². The number of rotatable bonds is 29. The van der Waals surface area contributed by atoms with Crippen molar-refractivity contribution in [1.29, 1.82) is 0 Å². The van der Waals surface area contributed by atoms with Gasteiger partial charge in [-0.1, -0.05) is 152 Å². The van der Waals surface area contributed by atoms with Crippen molar-refractivity contribution in [2.45, 2.75) is 245 Å². The Hall–Kier alpha value is -9.33. The van der Waals surface area contributed by atoms with Gasteiger partial charge in [-0.05, 0) is 253 Å². The van der Waals surface area contributed by atoms with E-state index in [0.717, 1.165) is 66.2 Å². The Morgan fingerprint density at radius 2 is 0.527 bits per heavy atom. The number of aliphatic hydroxyl groups excluding tert-OH is 2. The van der Waals surface area contributed by atoms with Crippen LogP contribution >= 0.6 is 15.9 Å². The zero-order valence-corrected chi connectivity index (χ0v) is 90.2. The van der Waals surface area contributed by atoms with Gasteiger partial charge in [0.05, 0.1) is 57.3 Å². The summed E-state index contributed by atoms with van der Waals surface area (Å²) in [5, 5.41) is 16.0. The number of ether oxygens (including phenoxy) is 3. The predicted octanol–water partition coefficient (Wildman–Crippen LogP) is 21.9. The van der Waals surface area contributed by atoms with Crippen molar-refractivity contribution in [2.24, 2.45) is 17.8 Å². The van der Waals surface area contributed by atoms with Crippen LogP contribution in [0.1, 0.15) is 254 Å². The van der Waals surface area contributed by atoms with Crippen LogP contribution in [0.2, 0.25) is 0 Å². The van der Waals surface area contributed by atoms with Crippen LogP contribution in [-0.2, 0) is 113 Å². The second-order valence-electron chi connectivity index (χ2n) is 40.6. The first-order chi connectivity index (χ1) is 71.3. The van der Waals surface area contributed by atoms with Crippen molar-refractivity contribution >= 4 is 77.6 Å². The molecule has 2 unspecified atom stereocenters. The summed E-state index contributed by atoms with van der Waals surface area (Å²) in [6, 6.07) is 53.9. The summed E-state index contributed by atoms with van der Waals surface area (Å²) < 4.78 is 302. The van der Waals surface area contributed by atoms with Crippen LogP contribution in [0, 0.1) is 75.9 Å². The van der Waals surface area contributed by atoms with Gasteiger partial charge in [-0.3, -0.25) is 9.59 Å². The van der Waals surface area contributed by atoms with Gasteiger partial charge < -0.3 is 24.4 Å². The highest BCUT2D eigenvalue weighted by atomic mass is 79.9. The third-order valence-electron chi connectivity index (χ3n) is 30.0. The third kappa shape index (κ3) is 27.4. The van der Waals surface area contributed by atoms with Crippen LogP contribution in [0.15, 0.2) is 217 Å². The van der Waals surface area contributed by atoms with E-state index in [2.05, 4.69) is 15.9 Å². The highest BCUT2D eigenvalue weighted by Gasteiger charge is 2.48. The van der Waals surface area contributed by atoms with Gasteiger partial charge in [-0.2, -0.15) is 21.5 Å². The lowest BCUT2D eigenvalue weighted by atomic mass is 9.84. The number of benzene rings is 10. The average Bonchev–Trinajstić information content (AvgIpc) is 0.769. The van der Waals surface area contributed by atoms with E-state index in [4.69, 9.17) is 14.2 Å². The molecular weight excluding hydrogens is 2120 g/mol. The molecule has 810 valence electrons. The van der Waals surface area contributed by atoms with Gasteiger partial charge in [0.1, 0.15) is 96.0 Å². The first-order valence-electron chi connectivity index (χ1n) is 50.6. The molecule has 10 aromatic rings. The Morgan fingerprint density at radius 3 is 0.773 bits per heavy atom. The van der Waals surface area contributed by atoms with Crippen molar-refractivity contribution in [3.8, 4) is 0 Å². The molecule has 150 heavy (non-hydrogen) atoms. The van der Waals surface area contributed by atoms with E-state index in [9.17, 15) is 88.2 Å². The van der Waals surface area contributed by atoms with Crippen molar-refractivity contribution in [3.63, 3.8) is 0 Å². The van der Waals surface area contributed by atoms with Crippen molar-refractivity contribution in [3.05, 3.63) is 353 Å². The lowest BCUT2D eigenvalue weighted by Crippen LogP contribution is -2.44. The number of nitrogens with zero attached hydrogens (tertiary/aromatic N) is 5. The van der Waals surface area contributed by atoms with Gasteiger partial charge in [-0.25, -0.2) is 86.0 Å². The number of carbonyl (C=O) groups is 2. The molecule has 0 aromatic heterocycles. The fourth-order valence-corrected chi connectivity index (χ4v) is 32.3. The van der Waals surface area contributed by atoms with Gasteiger partial charge in [0.25, 0.3) is 0 Å². The summed E-state index contributed by atoms with van der Waals surface area (Å²) in [7, 11) is -18.7. The molecule has 0 spiro atoms. The number of halogens is 11. The summed E-state index contributed by atoms with van der Waals surface area (Å²) in [5.74, 6) is -8.29. The van der Waals surface area contributed by atoms with Gasteiger partial charge in [0.15, 0.2) is 0 Å². The van der Waals surface area contributed by atoms with Crippen LogP contribution in [0.4, 0.5) is 43.9 Å². The largest absolute Gasteiger partial charge is 0.396 e. The molecule has 38 heteroatoms. The van der Waals surface area contributed by atoms with Gasteiger partial charge >= 0.3 is 0 Å². The van der Waals surface area contributed by atoms with Crippen LogP contribution in [0.3, 0.4) is 0 Å². The summed E-state index contributed by atoms with van der Waals surface area (Å²) in [5.41, 5.74) is 3.74. The summed E-state index contributed by atoms with van der Waals surface area (Å²) in [4.78, 5) is 23.4. The zero-order chi connectivity index (χ0) is 108. The smallest absolute Gasteiger partial charge is 0.221 e. The molecule has 8 saturated heterocycles. The number of aliphatic hydroxyl groups is 2. The molecule has 0 saturated carbocycles. The summed E-state index contributed by atoms with van der Waals surface area (Å²) >= 11 is 2.93. The SMILES string of the molecule is CC(=O)C(CC1COC1)c1cc(F)c(CN2[C@@H](C)CC[C@H](c3ccccc3)S2(=O)=O)cc1F.CC(=O)Cc1cc(F)c(CN2[C@@H](C)CC[C@H](c3ccccc3)S2(=O)=O)cc1F.C[C@H]1CC[C@H](c2ccccc2)S(=O)(=O)N1Cc1cc(F)c(Br)cc1F.C[C@H]1CC[C@H](c2ccccc2)S(=O)(=O)N1Cc1cc(F)c(C(CO)CC2COC2)cc1F.C[C@H]1CC[C@H](c2ccccc2)S(=O)(=O)N1Cc1cc(F)c([C@H](CO)CC2COC2)cc1F. The molecule has 8 fully saturated rings. The predicted molar refractivity (Wildman–Crippen MR) is 555 cm³/mol. The van der Waals surface area contributed by atoms with E-state index in [1.165, 1.54) is 35.4 Å². The fraction of sp³-hybridized carbons (Fsp3) is 0.446. The first-order valence-corrected chi connectivity index (χ1v) is 58.9. The topological polar surface area (TPSA) is 289 Å². The van der Waals surface area contributed by atoms with E-state index >= 15 is 17.6 Å². The van der Waals surface area contributed by atoms with Gasteiger partial charge in [-0.15, -0.1) is 0 Å². The maximum atomic E-state index is 15.1. The lowest BCUT2D eigenvalue weighted by molar-refractivity contribution is -0.120. The van der Waals surface area contributed by atoms with Crippen LogP contribution in [0.25, 0.3) is 0 Å². The molecule has 0 radical (unpaired) electrons. The average molecular weight is 2250 g/mol. The minimum absolute atomic E-state index is 0.000876. The molecule has 8 aliphatic rings. The second-order valence-corrected chi connectivity index (χ2v) is 51.8. The normalized spacial score (nSPS) is 23.9. The zero-order valence-electron chi connectivity index (χ0n) is 84.5. The molecule has 8 aliphatic heterocycles. The minimum atomic E-state index is -3.77. The molecule has 22 nitrogen and oxygen atoms in total. The van der Waals surface area contributed by atoms with Crippen molar-refractivity contribution in [2.75, 3.05) is 52.9 Å². The van der Waals surface area contributed by atoms with E-state index in [1.807, 2.05) is 30.3 Å². The Labute approximate surface area is 881 Å². The molecule has 18 rings (SSSR count). The van der Waals surface area contributed by atoms with E-state index in [0.29, 0.717) is 145 Å². The molecule has 0 bridgehead atoms. The van der Waals surface area contributed by atoms with E-state index in [1.54, 1.807) is 156 Å². The molecule has 0 aliphatic carbocycles. The first kappa shape index (κ1) is 116.